The van der Waals surface area contributed by atoms with E-state index in [1.165, 1.54) is 0 Å². The summed E-state index contributed by atoms with van der Waals surface area (Å²) in [6, 6.07) is 9.89. The third-order valence-corrected chi connectivity index (χ3v) is 5.17. The van der Waals surface area contributed by atoms with Gasteiger partial charge in [0, 0.05) is 12.0 Å². The number of allylic oxidation sites excluding steroid dienone is 1. The Morgan fingerprint density at radius 2 is 2.05 bits per heavy atom. The maximum Gasteiger partial charge on any atom is 0.0922 e. The molecule has 0 fully saturated rings. The van der Waals surface area contributed by atoms with Gasteiger partial charge in [-0.2, -0.15) is 5.26 Å². The largest absolute Gasteiger partial charge is 0.376 e. The highest BCUT2D eigenvalue weighted by Crippen LogP contribution is 2.28. The highest BCUT2D eigenvalue weighted by atomic mass is 32.2. The molecule has 0 saturated carbocycles. The van der Waals surface area contributed by atoms with Crippen LogP contribution in [-0.2, 0) is 15.5 Å². The van der Waals surface area contributed by atoms with Gasteiger partial charge in [0.2, 0.25) is 0 Å². The Morgan fingerprint density at radius 3 is 2.63 bits per heavy atom. The minimum atomic E-state index is -1.18. The molecule has 1 aliphatic rings. The van der Waals surface area contributed by atoms with E-state index in [-0.39, 0.29) is 17.3 Å². The van der Waals surface area contributed by atoms with E-state index in [4.69, 9.17) is 4.74 Å². The second-order valence-electron chi connectivity index (χ2n) is 4.67. The van der Waals surface area contributed by atoms with Crippen LogP contribution in [-0.4, -0.2) is 22.7 Å². The lowest BCUT2D eigenvalue weighted by molar-refractivity contribution is 0.104. The third-order valence-electron chi connectivity index (χ3n) is 3.40. The first-order valence-corrected chi connectivity index (χ1v) is 7.45. The van der Waals surface area contributed by atoms with Gasteiger partial charge < -0.3 is 4.74 Å². The van der Waals surface area contributed by atoms with Gasteiger partial charge in [-0.1, -0.05) is 29.8 Å². The number of ether oxygens (including phenoxy) is 1. The Labute approximate surface area is 116 Å². The molecule has 4 heteroatoms. The summed E-state index contributed by atoms with van der Waals surface area (Å²) < 4.78 is 17.9. The van der Waals surface area contributed by atoms with Gasteiger partial charge in [0.05, 0.1) is 34.1 Å². The molecule has 0 N–H and O–H groups in total. The second-order valence-corrected chi connectivity index (χ2v) is 6.34. The van der Waals surface area contributed by atoms with Crippen LogP contribution in [0.5, 0.6) is 0 Å². The molecular weight excluding hydrogens is 258 g/mol. The first-order chi connectivity index (χ1) is 9.17. The Bertz CT molecular complexity index is 530. The first kappa shape index (κ1) is 14.0. The number of hydrogen-bond donors (Lipinski definition) is 0. The summed E-state index contributed by atoms with van der Waals surface area (Å²) in [5, 5.41) is 9.10. The molecule has 19 heavy (non-hydrogen) atoms. The quantitative estimate of drug-likeness (QED) is 0.797. The summed E-state index contributed by atoms with van der Waals surface area (Å²) in [4.78, 5) is 0.779. The van der Waals surface area contributed by atoms with Crippen LogP contribution in [0.3, 0.4) is 0 Å². The van der Waals surface area contributed by atoms with Gasteiger partial charge in [0.1, 0.15) is 0 Å². The SMILES string of the molecule is CO[C@H]1C=CC[C@@H]([S@@](=O)c2ccc(C)cc2)[C@H]1C#N. The van der Waals surface area contributed by atoms with Crippen molar-refractivity contribution in [1.82, 2.24) is 0 Å². The topological polar surface area (TPSA) is 50.1 Å². The highest BCUT2D eigenvalue weighted by Gasteiger charge is 2.35. The summed E-state index contributed by atoms with van der Waals surface area (Å²) in [6.45, 7) is 2.00. The molecule has 3 nitrogen and oxygen atoms in total. The van der Waals surface area contributed by atoms with Crippen molar-refractivity contribution in [1.29, 1.82) is 5.26 Å². The third kappa shape index (κ3) is 2.94. The molecule has 100 valence electrons. The number of rotatable bonds is 3. The Morgan fingerprint density at radius 1 is 1.37 bits per heavy atom. The minimum Gasteiger partial charge on any atom is -0.376 e. The van der Waals surface area contributed by atoms with Crippen molar-refractivity contribution in [3.63, 3.8) is 0 Å². The lowest BCUT2D eigenvalue weighted by Gasteiger charge is -2.28. The standard InChI is InChI=1S/C15H17NO2S/c1-11-6-8-12(9-7-11)19(17)15-5-3-4-14(18-2)13(15)10-16/h3-4,6-9,13-15H,5H2,1-2H3/t13-,14-,15+,19-/m0/s1. The zero-order valence-electron chi connectivity index (χ0n) is 11.1. The van der Waals surface area contributed by atoms with E-state index in [0.717, 1.165) is 10.5 Å². The van der Waals surface area contributed by atoms with E-state index in [9.17, 15) is 9.47 Å². The van der Waals surface area contributed by atoms with Gasteiger partial charge in [0.25, 0.3) is 0 Å². The molecule has 1 aromatic rings. The number of benzene rings is 1. The number of nitriles is 1. The Balaban J connectivity index is 2.25. The van der Waals surface area contributed by atoms with Crippen molar-refractivity contribution in [2.75, 3.05) is 7.11 Å². The normalized spacial score (nSPS) is 27.7. The second kappa shape index (κ2) is 6.14. The lowest BCUT2D eigenvalue weighted by atomic mass is 9.92. The van der Waals surface area contributed by atoms with E-state index in [0.29, 0.717) is 6.42 Å². The van der Waals surface area contributed by atoms with Crippen LogP contribution >= 0.6 is 0 Å². The fraction of sp³-hybridized carbons (Fsp3) is 0.400. The van der Waals surface area contributed by atoms with Crippen LogP contribution in [0.25, 0.3) is 0 Å². The van der Waals surface area contributed by atoms with E-state index in [2.05, 4.69) is 6.07 Å². The predicted molar refractivity (Wildman–Crippen MR) is 75.0 cm³/mol. The maximum absolute atomic E-state index is 12.6. The Hall–Kier alpha value is -1.44. The van der Waals surface area contributed by atoms with Gasteiger partial charge in [-0.3, -0.25) is 4.21 Å². The molecular formula is C15H17NO2S. The maximum atomic E-state index is 12.6. The number of nitrogens with zero attached hydrogens (tertiary/aromatic N) is 1. The number of aryl methyl sites for hydroxylation is 1. The van der Waals surface area contributed by atoms with Gasteiger partial charge >= 0.3 is 0 Å². The summed E-state index contributed by atoms with van der Waals surface area (Å²) in [7, 11) is 0.396. The molecule has 0 unspecified atom stereocenters. The molecule has 0 aliphatic heterocycles. The smallest absolute Gasteiger partial charge is 0.0922 e. The molecule has 1 aromatic carbocycles. The zero-order chi connectivity index (χ0) is 13.8. The van der Waals surface area contributed by atoms with Crippen LogP contribution < -0.4 is 0 Å². The molecule has 0 amide bonds. The monoisotopic (exact) mass is 275 g/mol. The number of hydrogen-bond acceptors (Lipinski definition) is 3. The van der Waals surface area contributed by atoms with Gasteiger partial charge in [-0.05, 0) is 25.5 Å². The van der Waals surface area contributed by atoms with Gasteiger partial charge in [0.15, 0.2) is 0 Å². The van der Waals surface area contributed by atoms with E-state index in [1.54, 1.807) is 7.11 Å². The van der Waals surface area contributed by atoms with Crippen molar-refractivity contribution >= 4 is 10.8 Å². The van der Waals surface area contributed by atoms with Gasteiger partial charge in [-0.15, -0.1) is 0 Å². The molecule has 0 bridgehead atoms. The summed E-state index contributed by atoms with van der Waals surface area (Å²) >= 11 is 0. The van der Waals surface area contributed by atoms with Crippen LogP contribution in [0.1, 0.15) is 12.0 Å². The first-order valence-electron chi connectivity index (χ1n) is 6.23. The summed E-state index contributed by atoms with van der Waals surface area (Å²) in [6.07, 6.45) is 4.23. The average molecular weight is 275 g/mol. The molecule has 2 rings (SSSR count). The van der Waals surface area contributed by atoms with Crippen LogP contribution in [0.2, 0.25) is 0 Å². The van der Waals surface area contributed by atoms with Crippen molar-refractivity contribution in [3.05, 3.63) is 42.0 Å². The fourth-order valence-electron chi connectivity index (χ4n) is 2.27. The fourth-order valence-corrected chi connectivity index (χ4v) is 3.80. The van der Waals surface area contributed by atoms with Crippen molar-refractivity contribution in [2.24, 2.45) is 5.92 Å². The summed E-state index contributed by atoms with van der Waals surface area (Å²) in [5.74, 6) is -0.364. The molecule has 0 radical (unpaired) electrons. The van der Waals surface area contributed by atoms with E-state index >= 15 is 0 Å². The minimum absolute atomic E-state index is 0.206. The van der Waals surface area contributed by atoms with Crippen LogP contribution in [0.4, 0.5) is 0 Å². The molecule has 0 heterocycles. The van der Waals surface area contributed by atoms with Gasteiger partial charge in [-0.25, -0.2) is 0 Å². The van der Waals surface area contributed by atoms with Crippen molar-refractivity contribution < 1.29 is 8.95 Å². The lowest BCUT2D eigenvalue weighted by Crippen LogP contribution is -2.36. The Kier molecular flexibility index (Phi) is 4.52. The molecule has 1 aliphatic carbocycles. The van der Waals surface area contributed by atoms with Crippen LogP contribution in [0, 0.1) is 24.2 Å². The van der Waals surface area contributed by atoms with Crippen molar-refractivity contribution in [3.8, 4) is 6.07 Å². The average Bonchev–Trinajstić information content (AvgIpc) is 2.46. The van der Waals surface area contributed by atoms with E-state index in [1.807, 2.05) is 43.3 Å². The van der Waals surface area contributed by atoms with E-state index < -0.39 is 10.8 Å². The predicted octanol–water partition coefficient (Wildman–Crippen LogP) is 2.59. The number of methoxy groups -OCH3 is 1. The van der Waals surface area contributed by atoms with Crippen molar-refractivity contribution in [2.45, 2.75) is 29.6 Å². The highest BCUT2D eigenvalue weighted by molar-refractivity contribution is 7.85. The summed E-state index contributed by atoms with van der Waals surface area (Å²) in [5.41, 5.74) is 1.14. The molecule has 0 saturated heterocycles. The molecule has 0 spiro atoms. The van der Waals surface area contributed by atoms with Crippen LogP contribution in [0.15, 0.2) is 41.3 Å². The molecule has 0 aromatic heterocycles. The zero-order valence-corrected chi connectivity index (χ0v) is 11.9. The molecule has 4 atom stereocenters.